The first-order valence-corrected chi connectivity index (χ1v) is 9.19. The largest absolute Gasteiger partial charge is 0.309 e. The van der Waals surface area contributed by atoms with Crippen LogP contribution in [-0.4, -0.2) is 12.0 Å². The second-order valence-corrected chi connectivity index (χ2v) is 7.43. The first kappa shape index (κ1) is 16.0. The summed E-state index contributed by atoms with van der Waals surface area (Å²) in [5.41, 5.74) is 1.47. The number of fused-ring (bicyclic) bond motifs is 1. The predicted octanol–water partition coefficient (Wildman–Crippen LogP) is 4.82. The highest BCUT2D eigenvalue weighted by atomic mass is 32.1. The smallest absolute Gasteiger partial charge is 0.113 e. The van der Waals surface area contributed by atoms with Crippen molar-refractivity contribution in [1.82, 2.24) is 10.3 Å². The molecule has 0 radical (unpaired) electrons. The highest BCUT2D eigenvalue weighted by molar-refractivity contribution is 7.11. The van der Waals surface area contributed by atoms with Crippen LogP contribution in [0.3, 0.4) is 0 Å². The van der Waals surface area contributed by atoms with E-state index < -0.39 is 0 Å². The molecule has 0 bridgehead atoms. The summed E-state index contributed by atoms with van der Waals surface area (Å²) in [6.45, 7) is 4.61. The minimum Gasteiger partial charge on any atom is -0.309 e. The molecule has 2 nitrogen and oxygen atoms in total. The summed E-state index contributed by atoms with van der Waals surface area (Å²) in [5, 5.41) is 4.86. The van der Waals surface area contributed by atoms with Crippen LogP contribution in [0.2, 0.25) is 0 Å². The normalized spacial score (nSPS) is 17.8. The van der Waals surface area contributed by atoms with Crippen molar-refractivity contribution in [1.29, 1.82) is 0 Å². The zero-order valence-electron chi connectivity index (χ0n) is 13.4. The van der Waals surface area contributed by atoms with E-state index in [1.807, 2.05) is 11.3 Å². The number of hydrogen-bond donors (Lipinski definition) is 1. The first-order chi connectivity index (χ1) is 9.69. The van der Waals surface area contributed by atoms with Crippen molar-refractivity contribution in [2.24, 2.45) is 0 Å². The fourth-order valence-corrected chi connectivity index (χ4v) is 4.34. The second kappa shape index (κ2) is 7.56. The molecule has 1 aliphatic carbocycles. The van der Waals surface area contributed by atoms with E-state index in [-0.39, 0.29) is 5.54 Å². The van der Waals surface area contributed by atoms with Crippen LogP contribution in [-0.2, 0) is 18.4 Å². The molecule has 2 rings (SSSR count). The van der Waals surface area contributed by atoms with E-state index in [1.165, 1.54) is 74.9 Å². The van der Waals surface area contributed by atoms with Gasteiger partial charge in [0.15, 0.2) is 0 Å². The van der Waals surface area contributed by atoms with E-state index in [1.54, 1.807) is 4.88 Å². The molecule has 0 saturated heterocycles. The van der Waals surface area contributed by atoms with Crippen LogP contribution in [0, 0.1) is 0 Å². The van der Waals surface area contributed by atoms with Gasteiger partial charge in [-0.05, 0) is 46.1 Å². The molecule has 1 atom stereocenters. The van der Waals surface area contributed by atoms with E-state index in [9.17, 15) is 0 Å². The molecule has 0 spiro atoms. The molecule has 0 aliphatic heterocycles. The van der Waals surface area contributed by atoms with Crippen LogP contribution in [0.4, 0.5) is 0 Å². The molecule has 0 fully saturated rings. The lowest BCUT2D eigenvalue weighted by molar-refractivity contribution is 0.349. The van der Waals surface area contributed by atoms with Crippen LogP contribution in [0.1, 0.15) is 80.8 Å². The van der Waals surface area contributed by atoms with E-state index in [0.29, 0.717) is 0 Å². The van der Waals surface area contributed by atoms with Crippen molar-refractivity contribution < 1.29 is 0 Å². The Bertz CT molecular complexity index is 390. The molecular formula is C17H30N2S. The van der Waals surface area contributed by atoms with Crippen LogP contribution in [0.25, 0.3) is 0 Å². The topological polar surface area (TPSA) is 24.9 Å². The highest BCUT2D eigenvalue weighted by Gasteiger charge is 2.29. The molecule has 1 N–H and O–H groups in total. The van der Waals surface area contributed by atoms with Crippen LogP contribution >= 0.6 is 11.3 Å². The number of aromatic nitrogens is 1. The summed E-state index contributed by atoms with van der Waals surface area (Å²) in [6, 6.07) is 0. The monoisotopic (exact) mass is 294 g/mol. The van der Waals surface area contributed by atoms with Gasteiger partial charge in [-0.15, -0.1) is 11.3 Å². The Labute approximate surface area is 128 Å². The number of rotatable bonds is 8. The van der Waals surface area contributed by atoms with Crippen molar-refractivity contribution in [2.45, 2.75) is 83.6 Å². The van der Waals surface area contributed by atoms with E-state index in [4.69, 9.17) is 4.98 Å². The average molecular weight is 295 g/mol. The summed E-state index contributed by atoms with van der Waals surface area (Å²) in [6.07, 6.45) is 13.1. The summed E-state index contributed by atoms with van der Waals surface area (Å²) in [5.74, 6) is 0. The van der Waals surface area contributed by atoms with Gasteiger partial charge < -0.3 is 5.32 Å². The third-order valence-corrected chi connectivity index (χ3v) is 6.07. The van der Waals surface area contributed by atoms with Crippen molar-refractivity contribution in [2.75, 3.05) is 7.05 Å². The Morgan fingerprint density at radius 3 is 2.60 bits per heavy atom. The summed E-state index contributed by atoms with van der Waals surface area (Å²) >= 11 is 1.96. The molecule has 0 amide bonds. The lowest BCUT2D eigenvalue weighted by atomic mass is 9.94. The summed E-state index contributed by atoms with van der Waals surface area (Å²) in [4.78, 5) is 6.52. The SMILES string of the molecule is CCCCCCCC(C)(NC)c1nc2c(s1)CCCC2. The van der Waals surface area contributed by atoms with Gasteiger partial charge in [-0.3, -0.25) is 0 Å². The van der Waals surface area contributed by atoms with Gasteiger partial charge in [0.05, 0.1) is 11.2 Å². The van der Waals surface area contributed by atoms with Gasteiger partial charge in [-0.25, -0.2) is 4.98 Å². The molecule has 20 heavy (non-hydrogen) atoms. The maximum atomic E-state index is 4.96. The Kier molecular flexibility index (Phi) is 6.03. The van der Waals surface area contributed by atoms with Crippen molar-refractivity contribution in [3.63, 3.8) is 0 Å². The summed E-state index contributed by atoms with van der Waals surface area (Å²) < 4.78 is 0. The van der Waals surface area contributed by atoms with Gasteiger partial charge in [0, 0.05) is 4.88 Å². The molecule has 0 aromatic carbocycles. The third kappa shape index (κ3) is 3.82. The van der Waals surface area contributed by atoms with E-state index in [2.05, 4.69) is 26.2 Å². The standard InChI is InChI=1S/C17H30N2S/c1-4-5-6-7-10-13-17(2,18-3)16-19-14-11-8-9-12-15(14)20-16/h18H,4-13H2,1-3H3. The number of hydrogen-bond acceptors (Lipinski definition) is 3. The molecule has 1 aliphatic rings. The van der Waals surface area contributed by atoms with Crippen LogP contribution < -0.4 is 5.32 Å². The quantitative estimate of drug-likeness (QED) is 0.695. The first-order valence-electron chi connectivity index (χ1n) is 8.37. The zero-order valence-corrected chi connectivity index (χ0v) is 14.2. The summed E-state index contributed by atoms with van der Waals surface area (Å²) in [7, 11) is 2.09. The lowest BCUT2D eigenvalue weighted by Gasteiger charge is -2.27. The molecule has 1 heterocycles. The average Bonchev–Trinajstić information content (AvgIpc) is 2.91. The minimum absolute atomic E-state index is 0.0776. The molecule has 3 heteroatoms. The molecule has 0 saturated carbocycles. The van der Waals surface area contributed by atoms with Gasteiger partial charge in [-0.2, -0.15) is 0 Å². The van der Waals surface area contributed by atoms with Crippen LogP contribution in [0.5, 0.6) is 0 Å². The number of thiazole rings is 1. The molecule has 1 aromatic rings. The van der Waals surface area contributed by atoms with Crippen molar-refractivity contribution in [3.05, 3.63) is 15.6 Å². The predicted molar refractivity (Wildman–Crippen MR) is 88.5 cm³/mol. The van der Waals surface area contributed by atoms with Crippen molar-refractivity contribution >= 4 is 11.3 Å². The number of unbranched alkanes of at least 4 members (excludes halogenated alkanes) is 4. The lowest BCUT2D eigenvalue weighted by Crippen LogP contribution is -2.36. The van der Waals surface area contributed by atoms with Gasteiger partial charge in [-0.1, -0.05) is 39.0 Å². The molecule has 1 unspecified atom stereocenters. The van der Waals surface area contributed by atoms with Gasteiger partial charge in [0.25, 0.3) is 0 Å². The van der Waals surface area contributed by atoms with Gasteiger partial charge in [0.1, 0.15) is 5.01 Å². The van der Waals surface area contributed by atoms with Gasteiger partial charge >= 0.3 is 0 Å². The van der Waals surface area contributed by atoms with E-state index in [0.717, 1.165) is 0 Å². The Morgan fingerprint density at radius 1 is 1.15 bits per heavy atom. The maximum absolute atomic E-state index is 4.96. The van der Waals surface area contributed by atoms with Gasteiger partial charge in [0.2, 0.25) is 0 Å². The number of aryl methyl sites for hydroxylation is 2. The Hall–Kier alpha value is -0.410. The Balaban J connectivity index is 1.96. The fraction of sp³-hybridized carbons (Fsp3) is 0.824. The van der Waals surface area contributed by atoms with E-state index >= 15 is 0 Å². The molecule has 1 aromatic heterocycles. The maximum Gasteiger partial charge on any atom is 0.113 e. The van der Waals surface area contributed by atoms with Crippen LogP contribution in [0.15, 0.2) is 0 Å². The third-order valence-electron chi connectivity index (χ3n) is 4.65. The fourth-order valence-electron chi connectivity index (χ4n) is 3.01. The molecule has 114 valence electrons. The molecular weight excluding hydrogens is 264 g/mol. The van der Waals surface area contributed by atoms with Crippen molar-refractivity contribution in [3.8, 4) is 0 Å². The highest BCUT2D eigenvalue weighted by Crippen LogP contribution is 2.35. The number of nitrogens with zero attached hydrogens (tertiary/aromatic N) is 1. The number of nitrogens with one attached hydrogen (secondary N) is 1. The zero-order chi connectivity index (χ0) is 14.4. The second-order valence-electron chi connectivity index (χ2n) is 6.34. The Morgan fingerprint density at radius 2 is 1.90 bits per heavy atom. The minimum atomic E-state index is 0.0776.